The Morgan fingerprint density at radius 3 is 1.60 bits per heavy atom. The highest BCUT2D eigenvalue weighted by Crippen LogP contribution is 2.39. The third-order valence-corrected chi connectivity index (χ3v) is 5.69. The summed E-state index contributed by atoms with van der Waals surface area (Å²) in [4.78, 5) is 36.3. The van der Waals surface area contributed by atoms with Crippen LogP contribution < -0.4 is 16.2 Å². The van der Waals surface area contributed by atoms with Crippen molar-refractivity contribution in [2.45, 2.75) is 90.0 Å². The van der Waals surface area contributed by atoms with Gasteiger partial charge in [-0.1, -0.05) is 0 Å². The molecule has 2 saturated carbocycles. The number of hydrogen-bond donors (Lipinski definition) is 3. The van der Waals surface area contributed by atoms with E-state index < -0.39 is 35.6 Å². The number of ether oxygens (including phenoxy) is 1. The summed E-state index contributed by atoms with van der Waals surface area (Å²) in [5.41, 5.74) is 4.19. The Labute approximate surface area is 174 Å². The van der Waals surface area contributed by atoms with Gasteiger partial charge < -0.3 is 10.1 Å². The molecule has 0 saturated heterocycles. The molecular formula is C20H32F3N3O4. The van der Waals surface area contributed by atoms with E-state index in [0.29, 0.717) is 25.7 Å². The van der Waals surface area contributed by atoms with Crippen LogP contribution in [-0.4, -0.2) is 35.7 Å². The quantitative estimate of drug-likeness (QED) is 0.591. The number of nitrogens with one attached hydrogen (secondary N) is 3. The molecule has 0 atom stereocenters. The molecule has 0 spiro atoms. The Kier molecular flexibility index (Phi) is 7.99. The fourth-order valence-electron chi connectivity index (χ4n) is 3.98. The second-order valence-corrected chi connectivity index (χ2v) is 9.26. The Morgan fingerprint density at radius 2 is 1.20 bits per heavy atom. The molecule has 7 nitrogen and oxygen atoms in total. The lowest BCUT2D eigenvalue weighted by Crippen LogP contribution is -2.49. The number of alkyl halides is 3. The van der Waals surface area contributed by atoms with E-state index in [0.717, 1.165) is 0 Å². The summed E-state index contributed by atoms with van der Waals surface area (Å²) in [6.07, 6.45) is -2.16. The van der Waals surface area contributed by atoms with E-state index in [1.807, 2.05) is 0 Å². The molecular weight excluding hydrogens is 403 g/mol. The molecule has 2 aliphatic carbocycles. The van der Waals surface area contributed by atoms with Crippen molar-refractivity contribution in [3.8, 4) is 0 Å². The topological polar surface area (TPSA) is 96.5 Å². The summed E-state index contributed by atoms with van der Waals surface area (Å²) in [5.74, 6) is -2.91. The maximum atomic E-state index is 12.7. The van der Waals surface area contributed by atoms with Crippen molar-refractivity contribution in [3.05, 3.63) is 0 Å². The van der Waals surface area contributed by atoms with Gasteiger partial charge in [-0.3, -0.25) is 20.4 Å². The maximum Gasteiger partial charge on any atom is 0.407 e. The van der Waals surface area contributed by atoms with Crippen molar-refractivity contribution in [2.75, 3.05) is 0 Å². The highest BCUT2D eigenvalue weighted by molar-refractivity contribution is 5.84. The molecule has 3 amide bonds. The monoisotopic (exact) mass is 435 g/mol. The SMILES string of the molecule is CC(C)(C)OC(=O)N[C@H]1CC[C@H](C(=O)NNC(=O)C2CCC(C(F)(F)F)CC2)CC1. The molecule has 3 N–H and O–H groups in total. The number of hydrazine groups is 1. The van der Waals surface area contributed by atoms with E-state index in [9.17, 15) is 27.6 Å². The van der Waals surface area contributed by atoms with Gasteiger partial charge in [0.05, 0.1) is 5.92 Å². The van der Waals surface area contributed by atoms with E-state index in [4.69, 9.17) is 4.74 Å². The van der Waals surface area contributed by atoms with Crippen molar-refractivity contribution in [1.29, 1.82) is 0 Å². The zero-order chi connectivity index (χ0) is 22.5. The summed E-state index contributed by atoms with van der Waals surface area (Å²) in [6.45, 7) is 5.35. The van der Waals surface area contributed by atoms with E-state index in [1.54, 1.807) is 20.8 Å². The van der Waals surface area contributed by atoms with Gasteiger partial charge in [0.25, 0.3) is 0 Å². The van der Waals surface area contributed by atoms with Crippen LogP contribution in [0.25, 0.3) is 0 Å². The van der Waals surface area contributed by atoms with Gasteiger partial charge in [-0.25, -0.2) is 4.79 Å². The molecule has 0 unspecified atom stereocenters. The number of carbonyl (C=O) groups excluding carboxylic acids is 3. The van der Waals surface area contributed by atoms with E-state index in [1.165, 1.54) is 0 Å². The minimum Gasteiger partial charge on any atom is -0.444 e. The molecule has 2 rings (SSSR count). The van der Waals surface area contributed by atoms with Crippen LogP contribution in [0, 0.1) is 17.8 Å². The number of alkyl carbamates (subject to hydrolysis) is 1. The lowest BCUT2D eigenvalue weighted by Gasteiger charge is -2.30. The molecule has 0 radical (unpaired) electrons. The minimum atomic E-state index is -4.22. The molecule has 0 aliphatic heterocycles. The lowest BCUT2D eigenvalue weighted by molar-refractivity contribution is -0.184. The molecule has 172 valence electrons. The van der Waals surface area contributed by atoms with Crippen molar-refractivity contribution >= 4 is 17.9 Å². The van der Waals surface area contributed by atoms with Crippen molar-refractivity contribution < 1.29 is 32.3 Å². The Bertz CT molecular complexity index is 618. The van der Waals surface area contributed by atoms with Crippen LogP contribution in [0.15, 0.2) is 0 Å². The zero-order valence-electron chi connectivity index (χ0n) is 17.7. The first-order valence-electron chi connectivity index (χ1n) is 10.5. The molecule has 0 aromatic rings. The fourth-order valence-corrected chi connectivity index (χ4v) is 3.98. The smallest absolute Gasteiger partial charge is 0.407 e. The third-order valence-electron chi connectivity index (χ3n) is 5.69. The van der Waals surface area contributed by atoms with Gasteiger partial charge in [-0.05, 0) is 72.1 Å². The van der Waals surface area contributed by atoms with Crippen LogP contribution in [0.3, 0.4) is 0 Å². The van der Waals surface area contributed by atoms with Crippen molar-refractivity contribution in [3.63, 3.8) is 0 Å². The van der Waals surface area contributed by atoms with Crippen LogP contribution in [0.5, 0.6) is 0 Å². The summed E-state index contributed by atoms with van der Waals surface area (Å²) in [7, 11) is 0. The number of halogens is 3. The maximum absolute atomic E-state index is 12.7. The second-order valence-electron chi connectivity index (χ2n) is 9.26. The molecule has 0 aromatic carbocycles. The number of amides is 3. The fraction of sp³-hybridized carbons (Fsp3) is 0.850. The summed E-state index contributed by atoms with van der Waals surface area (Å²) in [5, 5.41) is 2.80. The lowest BCUT2D eigenvalue weighted by atomic mass is 9.81. The number of hydrogen-bond acceptors (Lipinski definition) is 4. The first-order chi connectivity index (χ1) is 13.8. The largest absolute Gasteiger partial charge is 0.444 e. The Balaban J connectivity index is 1.67. The molecule has 2 aliphatic rings. The van der Waals surface area contributed by atoms with Gasteiger partial charge in [0, 0.05) is 17.9 Å². The van der Waals surface area contributed by atoms with E-state index in [-0.39, 0.29) is 43.6 Å². The Morgan fingerprint density at radius 1 is 0.767 bits per heavy atom. The average Bonchev–Trinajstić information content (AvgIpc) is 2.64. The van der Waals surface area contributed by atoms with Gasteiger partial charge >= 0.3 is 12.3 Å². The summed E-state index contributed by atoms with van der Waals surface area (Å²) >= 11 is 0. The van der Waals surface area contributed by atoms with Crippen LogP contribution in [0.4, 0.5) is 18.0 Å². The highest BCUT2D eigenvalue weighted by atomic mass is 19.4. The van der Waals surface area contributed by atoms with Crippen molar-refractivity contribution in [1.82, 2.24) is 16.2 Å². The minimum absolute atomic E-state index is 0.0653. The molecule has 0 aromatic heterocycles. The summed E-state index contributed by atoms with van der Waals surface area (Å²) in [6, 6.07) is -0.0673. The van der Waals surface area contributed by atoms with Crippen molar-refractivity contribution in [2.24, 2.45) is 17.8 Å². The zero-order valence-corrected chi connectivity index (χ0v) is 17.7. The van der Waals surface area contributed by atoms with Crippen LogP contribution in [0.2, 0.25) is 0 Å². The van der Waals surface area contributed by atoms with Gasteiger partial charge in [0.15, 0.2) is 0 Å². The first kappa shape index (κ1) is 24.3. The average molecular weight is 435 g/mol. The standard InChI is InChI=1S/C20H32F3N3O4/c1-19(2,3)30-18(29)24-15-10-6-13(7-11-15)17(28)26-25-16(27)12-4-8-14(9-5-12)20(21,22)23/h12-15H,4-11H2,1-3H3,(H,24,29)(H,25,27)(H,26,28)/t12?,13-,14?,15-. The van der Waals surface area contributed by atoms with Crippen LogP contribution in [0.1, 0.15) is 72.1 Å². The molecule has 0 bridgehead atoms. The third kappa shape index (κ3) is 7.68. The normalized spacial score (nSPS) is 27.7. The number of rotatable bonds is 3. The van der Waals surface area contributed by atoms with Gasteiger partial charge in [-0.2, -0.15) is 13.2 Å². The predicted octanol–water partition coefficient (Wildman–Crippen LogP) is 3.59. The van der Waals surface area contributed by atoms with E-state index >= 15 is 0 Å². The van der Waals surface area contributed by atoms with E-state index in [2.05, 4.69) is 16.2 Å². The predicted molar refractivity (Wildman–Crippen MR) is 103 cm³/mol. The van der Waals surface area contributed by atoms with Gasteiger partial charge in [0.1, 0.15) is 5.60 Å². The molecule has 30 heavy (non-hydrogen) atoms. The highest BCUT2D eigenvalue weighted by Gasteiger charge is 2.42. The summed E-state index contributed by atoms with van der Waals surface area (Å²) < 4.78 is 43.4. The van der Waals surface area contributed by atoms with Crippen LogP contribution in [-0.2, 0) is 14.3 Å². The number of carbonyl (C=O) groups is 3. The molecule has 0 heterocycles. The van der Waals surface area contributed by atoms with Gasteiger partial charge in [0.2, 0.25) is 11.8 Å². The first-order valence-corrected chi connectivity index (χ1v) is 10.5. The van der Waals surface area contributed by atoms with Gasteiger partial charge in [-0.15, -0.1) is 0 Å². The van der Waals surface area contributed by atoms with Crippen LogP contribution >= 0.6 is 0 Å². The molecule has 10 heteroatoms. The second kappa shape index (κ2) is 9.87. The Hall–Kier alpha value is -2.00. The molecule has 2 fully saturated rings.